The summed E-state index contributed by atoms with van der Waals surface area (Å²) in [7, 11) is 1.34. The Kier molecular flexibility index (Phi) is 7.45. The maximum Gasteiger partial charge on any atom is 0.337 e. The van der Waals surface area contributed by atoms with Gasteiger partial charge in [0.1, 0.15) is 5.76 Å². The van der Waals surface area contributed by atoms with Crippen molar-refractivity contribution in [3.8, 4) is 0 Å². The molecule has 7 heteroatoms. The number of esters is 1. The van der Waals surface area contributed by atoms with E-state index in [1.807, 2.05) is 48.5 Å². The number of carbonyl (C=O) groups is 3. The number of nitrogens with zero attached hydrogens (tertiary/aromatic N) is 1. The summed E-state index contributed by atoms with van der Waals surface area (Å²) in [5, 5.41) is 3.52. The van der Waals surface area contributed by atoms with Gasteiger partial charge in [-0.05, 0) is 54.8 Å². The molecule has 0 radical (unpaired) electrons. The van der Waals surface area contributed by atoms with Gasteiger partial charge in [-0.15, -0.1) is 0 Å². The van der Waals surface area contributed by atoms with Crippen LogP contribution in [0.5, 0.6) is 0 Å². The zero-order chi connectivity index (χ0) is 26.6. The molecule has 1 amide bonds. The lowest BCUT2D eigenvalue weighted by atomic mass is 9.80. The number of anilines is 2. The molecule has 1 N–H and O–H groups in total. The third kappa shape index (κ3) is 4.88. The zero-order valence-electron chi connectivity index (χ0n) is 21.7. The number of fused-ring (bicyclic) bond motifs is 1. The van der Waals surface area contributed by atoms with E-state index >= 15 is 0 Å². The van der Waals surface area contributed by atoms with Crippen LogP contribution in [0, 0.1) is 0 Å². The van der Waals surface area contributed by atoms with Gasteiger partial charge in [0.05, 0.1) is 36.4 Å². The number of rotatable bonds is 7. The largest absolute Gasteiger partial charge is 0.469 e. The van der Waals surface area contributed by atoms with Crippen molar-refractivity contribution in [2.45, 2.75) is 57.4 Å². The second-order valence-electron chi connectivity index (χ2n) is 9.82. The minimum Gasteiger partial charge on any atom is -0.469 e. The van der Waals surface area contributed by atoms with E-state index in [0.29, 0.717) is 30.4 Å². The van der Waals surface area contributed by atoms with Crippen LogP contribution in [0.2, 0.25) is 0 Å². The summed E-state index contributed by atoms with van der Waals surface area (Å²) in [4.78, 5) is 41.7. The van der Waals surface area contributed by atoms with Gasteiger partial charge in [0.25, 0.3) is 0 Å². The molecule has 2 aliphatic rings. The Labute approximate surface area is 222 Å². The summed E-state index contributed by atoms with van der Waals surface area (Å²) in [5.74, 6) is 0.179. The van der Waals surface area contributed by atoms with Crippen LogP contribution in [0.15, 0.2) is 82.6 Å². The number of ketones is 1. The molecule has 5 rings (SSSR count). The molecule has 38 heavy (non-hydrogen) atoms. The average Bonchev–Trinajstić information content (AvgIpc) is 3.43. The number of methoxy groups -OCH3 is 1. The first-order valence-electron chi connectivity index (χ1n) is 13.2. The first kappa shape index (κ1) is 25.5. The Morgan fingerprint density at radius 1 is 1.03 bits per heavy atom. The fourth-order valence-electron chi connectivity index (χ4n) is 5.47. The van der Waals surface area contributed by atoms with E-state index in [1.165, 1.54) is 7.11 Å². The molecule has 1 aromatic heterocycles. The van der Waals surface area contributed by atoms with Crippen LogP contribution in [-0.4, -0.2) is 24.8 Å². The van der Waals surface area contributed by atoms with Gasteiger partial charge in [0.2, 0.25) is 5.91 Å². The molecule has 1 aliphatic carbocycles. The monoisotopic (exact) mass is 512 g/mol. The Morgan fingerprint density at radius 2 is 1.82 bits per heavy atom. The lowest BCUT2D eigenvalue weighted by Gasteiger charge is -2.35. The summed E-state index contributed by atoms with van der Waals surface area (Å²) >= 11 is 0. The van der Waals surface area contributed by atoms with Crippen molar-refractivity contribution in [1.29, 1.82) is 0 Å². The van der Waals surface area contributed by atoms with Crippen LogP contribution < -0.4 is 10.2 Å². The van der Waals surface area contributed by atoms with E-state index in [1.54, 1.807) is 23.3 Å². The van der Waals surface area contributed by atoms with Crippen LogP contribution in [0.3, 0.4) is 0 Å². The fourth-order valence-corrected chi connectivity index (χ4v) is 5.47. The highest BCUT2D eigenvalue weighted by Crippen LogP contribution is 2.47. The molecule has 2 atom stereocenters. The number of nitrogens with one attached hydrogen (secondary N) is 1. The second kappa shape index (κ2) is 11.1. The zero-order valence-corrected chi connectivity index (χ0v) is 21.7. The number of ether oxygens (including phenoxy) is 1. The number of furan rings is 1. The highest BCUT2D eigenvalue weighted by molar-refractivity contribution is 6.06. The molecular weight excluding hydrogens is 480 g/mol. The van der Waals surface area contributed by atoms with Crippen LogP contribution in [0.1, 0.15) is 79.1 Å². The summed E-state index contributed by atoms with van der Waals surface area (Å²) in [5.41, 5.74) is 4.06. The van der Waals surface area contributed by atoms with Crippen LogP contribution >= 0.6 is 0 Å². The number of amides is 1. The Bertz CT molecular complexity index is 1360. The first-order chi connectivity index (χ1) is 18.5. The summed E-state index contributed by atoms with van der Waals surface area (Å²) in [6.07, 6.45) is 5.61. The van der Waals surface area contributed by atoms with Crippen molar-refractivity contribution in [3.63, 3.8) is 0 Å². The number of unbranched alkanes of at least 4 members (excludes halogenated alkanes) is 2. The number of hydrogen-bond donors (Lipinski definition) is 1. The molecule has 0 fully saturated rings. The van der Waals surface area contributed by atoms with Crippen molar-refractivity contribution in [2.24, 2.45) is 0 Å². The quantitative estimate of drug-likeness (QED) is 0.285. The molecule has 1 aliphatic heterocycles. The fraction of sp³-hybridized carbons (Fsp3) is 0.323. The Morgan fingerprint density at radius 3 is 2.53 bits per heavy atom. The van der Waals surface area contributed by atoms with E-state index < -0.39 is 12.0 Å². The number of carbonyl (C=O) groups excluding carboxylic acids is 3. The molecule has 0 saturated carbocycles. The molecule has 0 saturated heterocycles. The van der Waals surface area contributed by atoms with E-state index in [9.17, 15) is 14.4 Å². The Balaban J connectivity index is 1.66. The van der Waals surface area contributed by atoms with Gasteiger partial charge in [0.15, 0.2) is 5.78 Å². The smallest absolute Gasteiger partial charge is 0.337 e. The van der Waals surface area contributed by atoms with Gasteiger partial charge >= 0.3 is 5.97 Å². The van der Waals surface area contributed by atoms with Gasteiger partial charge in [-0.25, -0.2) is 4.79 Å². The lowest BCUT2D eigenvalue weighted by Crippen LogP contribution is -2.38. The molecular formula is C31H32N2O5. The molecule has 196 valence electrons. The van der Waals surface area contributed by atoms with Crippen molar-refractivity contribution in [2.75, 3.05) is 17.3 Å². The summed E-state index contributed by atoms with van der Waals surface area (Å²) < 4.78 is 10.5. The van der Waals surface area contributed by atoms with Gasteiger partial charge < -0.3 is 14.5 Å². The first-order valence-corrected chi connectivity index (χ1v) is 13.2. The molecule has 2 aromatic carbocycles. The number of Topliss-reactive ketones (excluding diaryl/α,β-unsaturated/α-hetero) is 1. The predicted octanol–water partition coefficient (Wildman–Crippen LogP) is 6.55. The minimum absolute atomic E-state index is 0.0265. The van der Waals surface area contributed by atoms with Crippen molar-refractivity contribution >= 4 is 29.0 Å². The second-order valence-corrected chi connectivity index (χ2v) is 9.82. The normalized spacial score (nSPS) is 18.8. The molecule has 3 aromatic rings. The van der Waals surface area contributed by atoms with Crippen LogP contribution in [0.4, 0.5) is 11.4 Å². The van der Waals surface area contributed by atoms with Gasteiger partial charge in [0, 0.05) is 30.0 Å². The summed E-state index contributed by atoms with van der Waals surface area (Å²) in [6, 6.07) is 17.8. The van der Waals surface area contributed by atoms with Crippen molar-refractivity contribution in [1.82, 2.24) is 0 Å². The SMILES string of the molecule is CCCCCC(=O)N1c2ccccc2NC2=C(C(=O)CC(c3ccco3)C2)C1c1ccc(C(=O)OC)cc1. The maximum absolute atomic E-state index is 13.9. The van der Waals surface area contributed by atoms with Gasteiger partial charge in [-0.1, -0.05) is 44.0 Å². The average molecular weight is 513 g/mol. The number of para-hydroxylation sites is 2. The van der Waals surface area contributed by atoms with E-state index in [-0.39, 0.29) is 17.6 Å². The highest BCUT2D eigenvalue weighted by Gasteiger charge is 2.41. The third-order valence-corrected chi connectivity index (χ3v) is 7.34. The number of hydrogen-bond acceptors (Lipinski definition) is 6. The summed E-state index contributed by atoms with van der Waals surface area (Å²) in [6.45, 7) is 2.11. The topological polar surface area (TPSA) is 88.9 Å². The maximum atomic E-state index is 13.9. The third-order valence-electron chi connectivity index (χ3n) is 7.34. The van der Waals surface area contributed by atoms with E-state index in [2.05, 4.69) is 12.2 Å². The van der Waals surface area contributed by atoms with Gasteiger partial charge in [-0.3, -0.25) is 14.5 Å². The van der Waals surface area contributed by atoms with Crippen LogP contribution in [0.25, 0.3) is 0 Å². The van der Waals surface area contributed by atoms with Gasteiger partial charge in [-0.2, -0.15) is 0 Å². The Hall–Kier alpha value is -4.13. The predicted molar refractivity (Wildman–Crippen MR) is 145 cm³/mol. The molecule has 2 unspecified atom stereocenters. The van der Waals surface area contributed by atoms with E-state index in [4.69, 9.17) is 9.15 Å². The number of benzene rings is 2. The minimum atomic E-state index is -0.632. The molecule has 0 bridgehead atoms. The molecule has 0 spiro atoms. The van der Waals surface area contributed by atoms with Crippen molar-refractivity contribution < 1.29 is 23.5 Å². The standard InChI is InChI=1S/C31H32N2O5/c1-3-4-5-12-28(35)33-25-10-7-6-9-23(25)32-24-18-22(27-11-8-17-38-27)19-26(34)29(24)30(33)20-13-15-21(16-14-20)31(36)37-2/h6-11,13-17,22,30,32H,3-5,12,18-19H2,1-2H3. The molecule has 2 heterocycles. The van der Waals surface area contributed by atoms with Crippen LogP contribution in [-0.2, 0) is 14.3 Å². The van der Waals surface area contributed by atoms with E-state index in [0.717, 1.165) is 47.7 Å². The molecule has 7 nitrogen and oxygen atoms in total. The lowest BCUT2D eigenvalue weighted by molar-refractivity contribution is -0.119. The highest BCUT2D eigenvalue weighted by atomic mass is 16.5. The van der Waals surface area contributed by atoms with Crippen molar-refractivity contribution in [3.05, 3.63) is 95.1 Å². The number of allylic oxidation sites excluding steroid dienone is 1.